The Balaban J connectivity index is 1.45. The first-order valence-electron chi connectivity index (χ1n) is 15.6. The summed E-state index contributed by atoms with van der Waals surface area (Å²) in [5.74, 6) is 1.44. The molecule has 0 saturated carbocycles. The van der Waals surface area contributed by atoms with Gasteiger partial charge in [0, 0.05) is 56.8 Å². The zero-order chi connectivity index (χ0) is 29.6. The zero-order valence-corrected chi connectivity index (χ0v) is 25.7. The highest BCUT2D eigenvalue weighted by Gasteiger charge is 2.38. The maximum Gasteiger partial charge on any atom is 0.254 e. The highest BCUT2D eigenvalue weighted by molar-refractivity contribution is 5.96. The van der Waals surface area contributed by atoms with Crippen LogP contribution in [0.3, 0.4) is 0 Å². The largest absolute Gasteiger partial charge is 0.504 e. The first kappa shape index (κ1) is 30.9. The van der Waals surface area contributed by atoms with Crippen LogP contribution < -0.4 is 4.74 Å². The lowest BCUT2D eigenvalue weighted by Crippen LogP contribution is -2.50. The van der Waals surface area contributed by atoms with Crippen LogP contribution in [0.2, 0.25) is 0 Å². The molecule has 0 aliphatic carbocycles. The monoisotopic (exact) mass is 563 g/mol. The number of phenolic OH excluding ortho intramolecular Hbond substituents is 1. The van der Waals surface area contributed by atoms with Crippen LogP contribution in [0.4, 0.5) is 0 Å². The van der Waals surface area contributed by atoms with Gasteiger partial charge in [0.15, 0.2) is 11.5 Å². The number of amides is 2. The lowest BCUT2D eigenvalue weighted by Gasteiger charge is -2.41. The molecule has 2 aliphatic rings. The Morgan fingerprint density at radius 3 is 2.34 bits per heavy atom. The minimum atomic E-state index is 0.00110. The van der Waals surface area contributed by atoms with E-state index in [4.69, 9.17) is 4.74 Å². The van der Waals surface area contributed by atoms with Crippen LogP contribution in [0, 0.1) is 5.92 Å². The Morgan fingerprint density at radius 1 is 0.976 bits per heavy atom. The fourth-order valence-electron chi connectivity index (χ4n) is 6.28. The molecule has 0 aromatic heterocycles. The molecule has 1 fully saturated rings. The van der Waals surface area contributed by atoms with Gasteiger partial charge in [-0.05, 0) is 66.5 Å². The molecule has 1 saturated heterocycles. The summed E-state index contributed by atoms with van der Waals surface area (Å²) in [6, 6.07) is 11.9. The van der Waals surface area contributed by atoms with Crippen molar-refractivity contribution in [3.8, 4) is 11.5 Å². The topological polar surface area (TPSA) is 73.3 Å². The second-order valence-corrected chi connectivity index (χ2v) is 11.9. The summed E-state index contributed by atoms with van der Waals surface area (Å²) in [6.45, 7) is 15.3. The highest BCUT2D eigenvalue weighted by Crippen LogP contribution is 2.39. The van der Waals surface area contributed by atoms with Crippen molar-refractivity contribution in [1.82, 2.24) is 14.7 Å². The number of aromatic hydroxyl groups is 1. The van der Waals surface area contributed by atoms with Crippen molar-refractivity contribution in [2.24, 2.45) is 5.92 Å². The molecule has 1 N–H and O–H groups in total. The number of hydrogen-bond donors (Lipinski definition) is 1. The summed E-state index contributed by atoms with van der Waals surface area (Å²) in [5, 5.41) is 10.3. The maximum atomic E-state index is 13.7. The normalized spacial score (nSPS) is 16.5. The molecule has 2 amide bonds. The van der Waals surface area contributed by atoms with Crippen LogP contribution in [0.5, 0.6) is 11.5 Å². The average Bonchev–Trinajstić information content (AvgIpc) is 3.46. The summed E-state index contributed by atoms with van der Waals surface area (Å²) in [5.41, 5.74) is 4.37. The Bertz CT molecular complexity index is 1200. The van der Waals surface area contributed by atoms with Gasteiger partial charge in [-0.1, -0.05) is 59.2 Å². The number of fused-ring (bicyclic) bond motifs is 1. The Hall–Kier alpha value is -3.06. The van der Waals surface area contributed by atoms with E-state index >= 15 is 0 Å². The molecule has 0 radical (unpaired) electrons. The molecule has 4 rings (SSSR count). The van der Waals surface area contributed by atoms with Crippen LogP contribution >= 0.6 is 0 Å². The molecule has 2 aromatic carbocycles. The van der Waals surface area contributed by atoms with E-state index in [0.29, 0.717) is 50.9 Å². The predicted molar refractivity (Wildman–Crippen MR) is 163 cm³/mol. The molecule has 224 valence electrons. The number of nitrogens with zero attached hydrogens (tertiary/aromatic N) is 3. The van der Waals surface area contributed by atoms with E-state index in [0.717, 1.165) is 56.3 Å². The number of piperazine rings is 1. The van der Waals surface area contributed by atoms with E-state index in [1.807, 2.05) is 41.0 Å². The van der Waals surface area contributed by atoms with Gasteiger partial charge < -0.3 is 19.6 Å². The Morgan fingerprint density at radius 2 is 1.68 bits per heavy atom. The van der Waals surface area contributed by atoms with Crippen LogP contribution in [0.1, 0.15) is 93.8 Å². The summed E-state index contributed by atoms with van der Waals surface area (Å²) < 4.78 is 5.95. The average molecular weight is 564 g/mol. The molecular weight excluding hydrogens is 514 g/mol. The van der Waals surface area contributed by atoms with Crippen molar-refractivity contribution in [1.29, 1.82) is 0 Å². The van der Waals surface area contributed by atoms with E-state index in [2.05, 4.69) is 38.7 Å². The molecule has 0 bridgehead atoms. The lowest BCUT2D eigenvalue weighted by molar-refractivity contribution is -0.132. The molecular formula is C34H49N3O4. The number of phenols is 1. The van der Waals surface area contributed by atoms with Crippen molar-refractivity contribution in [2.45, 2.75) is 91.8 Å². The van der Waals surface area contributed by atoms with Gasteiger partial charge in [0.2, 0.25) is 5.91 Å². The molecule has 2 heterocycles. The van der Waals surface area contributed by atoms with Crippen molar-refractivity contribution >= 4 is 11.8 Å². The van der Waals surface area contributed by atoms with Crippen LogP contribution in [0.25, 0.3) is 0 Å². The van der Waals surface area contributed by atoms with Gasteiger partial charge in [-0.25, -0.2) is 0 Å². The summed E-state index contributed by atoms with van der Waals surface area (Å²) in [4.78, 5) is 32.1. The van der Waals surface area contributed by atoms with E-state index in [9.17, 15) is 14.7 Å². The molecule has 2 aromatic rings. The second-order valence-electron chi connectivity index (χ2n) is 11.9. The molecule has 7 nitrogen and oxygen atoms in total. The number of benzene rings is 2. The molecule has 41 heavy (non-hydrogen) atoms. The van der Waals surface area contributed by atoms with E-state index in [-0.39, 0.29) is 23.1 Å². The third kappa shape index (κ3) is 6.88. The number of carbonyl (C=O) groups excluding carboxylic acids is 2. The van der Waals surface area contributed by atoms with E-state index in [1.54, 1.807) is 6.07 Å². The number of aryl methyl sites for hydroxylation is 1. The van der Waals surface area contributed by atoms with Crippen LogP contribution in [0.15, 0.2) is 36.4 Å². The smallest absolute Gasteiger partial charge is 0.254 e. The summed E-state index contributed by atoms with van der Waals surface area (Å²) in [7, 11) is 0. The second kappa shape index (κ2) is 13.7. The van der Waals surface area contributed by atoms with Crippen molar-refractivity contribution in [2.75, 3.05) is 32.8 Å². The van der Waals surface area contributed by atoms with E-state index in [1.165, 1.54) is 11.1 Å². The first-order chi connectivity index (χ1) is 19.7. The van der Waals surface area contributed by atoms with Gasteiger partial charge in [0.1, 0.15) is 0 Å². The van der Waals surface area contributed by atoms with Gasteiger partial charge in [-0.3, -0.25) is 14.5 Å². The molecule has 7 heteroatoms. The SMILES string of the molecule is CCC(=O)N1CCN(C(=O)c2cccc3c2CN(C(CC)(CC)CCc2ccc(O)c(OCC(C)CC)c2)C3)CC1. The lowest BCUT2D eigenvalue weighted by atomic mass is 9.84. The standard InChI is InChI=1S/C34H49N3O4/c1-6-25(5)24-41-31-21-26(13-14-30(31)38)15-16-34(8-3,9-4)37-22-27-11-10-12-28(29(27)23-37)33(40)36-19-17-35(18-20-36)32(39)7-2/h10-14,21,25,38H,6-9,15-20,22-24H2,1-5H3. The fourth-order valence-corrected chi connectivity index (χ4v) is 6.28. The molecule has 2 aliphatic heterocycles. The number of hydrogen-bond acceptors (Lipinski definition) is 5. The summed E-state index contributed by atoms with van der Waals surface area (Å²) in [6.07, 6.45) is 5.46. The van der Waals surface area contributed by atoms with Gasteiger partial charge in [-0.15, -0.1) is 0 Å². The molecule has 1 unspecified atom stereocenters. The number of rotatable bonds is 12. The number of ether oxygens (including phenoxy) is 1. The number of carbonyl (C=O) groups is 2. The first-order valence-corrected chi connectivity index (χ1v) is 15.6. The van der Waals surface area contributed by atoms with Gasteiger partial charge in [0.05, 0.1) is 6.61 Å². The fraction of sp³-hybridized carbons (Fsp3) is 0.588. The maximum absolute atomic E-state index is 13.7. The zero-order valence-electron chi connectivity index (χ0n) is 25.7. The van der Waals surface area contributed by atoms with Gasteiger partial charge in [-0.2, -0.15) is 0 Å². The minimum absolute atomic E-state index is 0.00110. The predicted octanol–water partition coefficient (Wildman–Crippen LogP) is 6.02. The van der Waals surface area contributed by atoms with Crippen molar-refractivity contribution in [3.05, 3.63) is 58.7 Å². The van der Waals surface area contributed by atoms with Gasteiger partial charge >= 0.3 is 0 Å². The quantitative estimate of drug-likeness (QED) is 0.342. The molecule has 1 atom stereocenters. The van der Waals surface area contributed by atoms with Crippen molar-refractivity contribution < 1.29 is 19.4 Å². The third-order valence-corrected chi connectivity index (χ3v) is 9.55. The van der Waals surface area contributed by atoms with E-state index < -0.39 is 0 Å². The van der Waals surface area contributed by atoms with Crippen molar-refractivity contribution in [3.63, 3.8) is 0 Å². The highest BCUT2D eigenvalue weighted by atomic mass is 16.5. The molecule has 0 spiro atoms. The van der Waals surface area contributed by atoms with Crippen LogP contribution in [-0.4, -0.2) is 69.9 Å². The van der Waals surface area contributed by atoms with Gasteiger partial charge in [0.25, 0.3) is 5.91 Å². The minimum Gasteiger partial charge on any atom is -0.504 e. The third-order valence-electron chi connectivity index (χ3n) is 9.55. The summed E-state index contributed by atoms with van der Waals surface area (Å²) >= 11 is 0. The Kier molecular flexibility index (Phi) is 10.3. The van der Waals surface area contributed by atoms with Crippen LogP contribution in [-0.2, 0) is 24.3 Å². The Labute approximate surface area is 246 Å².